The van der Waals surface area contributed by atoms with Gasteiger partial charge in [-0.3, -0.25) is 4.18 Å². The summed E-state index contributed by atoms with van der Waals surface area (Å²) in [6, 6.07) is 0. The maximum Gasteiger partial charge on any atom is 0.256 e. The third-order valence-corrected chi connectivity index (χ3v) is 2.41. The van der Waals surface area contributed by atoms with Gasteiger partial charge in [-0.1, -0.05) is 19.3 Å². The molecule has 0 spiro atoms. The van der Waals surface area contributed by atoms with Gasteiger partial charge in [0.1, 0.15) is 0 Å². The molecule has 1 atom stereocenters. The SMILES string of the molecule is O=S(Cl)OC1CCCCC1. The van der Waals surface area contributed by atoms with E-state index in [9.17, 15) is 4.21 Å². The van der Waals surface area contributed by atoms with E-state index in [1.165, 1.54) is 19.3 Å². The van der Waals surface area contributed by atoms with Gasteiger partial charge in [0.05, 0.1) is 6.10 Å². The van der Waals surface area contributed by atoms with Gasteiger partial charge in [-0.05, 0) is 12.8 Å². The van der Waals surface area contributed by atoms with Gasteiger partial charge in [0.15, 0.2) is 0 Å². The molecule has 0 saturated heterocycles. The van der Waals surface area contributed by atoms with E-state index in [-0.39, 0.29) is 6.10 Å². The summed E-state index contributed by atoms with van der Waals surface area (Å²) in [6.45, 7) is 0. The monoisotopic (exact) mass is 182 g/mol. The lowest BCUT2D eigenvalue weighted by Crippen LogP contribution is -2.15. The molecule has 1 aliphatic carbocycles. The first-order valence-electron chi connectivity index (χ1n) is 3.54. The van der Waals surface area contributed by atoms with Crippen molar-refractivity contribution in [3.8, 4) is 0 Å². The molecule has 1 saturated carbocycles. The molecule has 1 rings (SSSR count). The Bertz CT molecular complexity index is 123. The van der Waals surface area contributed by atoms with Crippen molar-refractivity contribution in [2.24, 2.45) is 0 Å². The highest BCUT2D eigenvalue weighted by molar-refractivity contribution is 8.04. The average molecular weight is 183 g/mol. The molecule has 0 N–H and O–H groups in total. The lowest BCUT2D eigenvalue weighted by Gasteiger charge is -2.18. The van der Waals surface area contributed by atoms with Gasteiger partial charge >= 0.3 is 0 Å². The van der Waals surface area contributed by atoms with Crippen LogP contribution in [0.25, 0.3) is 0 Å². The molecular weight excluding hydrogens is 172 g/mol. The van der Waals surface area contributed by atoms with Crippen LogP contribution < -0.4 is 0 Å². The Morgan fingerprint density at radius 2 is 1.90 bits per heavy atom. The zero-order valence-electron chi connectivity index (χ0n) is 5.72. The highest BCUT2D eigenvalue weighted by Crippen LogP contribution is 2.21. The second-order valence-corrected chi connectivity index (χ2v) is 3.89. The molecule has 2 nitrogen and oxygen atoms in total. The summed E-state index contributed by atoms with van der Waals surface area (Å²) in [7, 11) is 3.57. The third kappa shape index (κ3) is 2.99. The maximum atomic E-state index is 10.4. The molecule has 0 aromatic carbocycles. The van der Waals surface area contributed by atoms with Crippen LogP contribution in [0.2, 0.25) is 0 Å². The number of halogens is 1. The van der Waals surface area contributed by atoms with Gasteiger partial charge in [0, 0.05) is 10.7 Å². The second-order valence-electron chi connectivity index (χ2n) is 2.55. The molecule has 0 bridgehead atoms. The van der Waals surface area contributed by atoms with Gasteiger partial charge in [-0.15, -0.1) is 0 Å². The minimum Gasteiger partial charge on any atom is -0.275 e. The van der Waals surface area contributed by atoms with Crippen LogP contribution in [-0.2, 0) is 14.5 Å². The fraction of sp³-hybridized carbons (Fsp3) is 1.00. The smallest absolute Gasteiger partial charge is 0.256 e. The van der Waals surface area contributed by atoms with E-state index in [4.69, 9.17) is 14.9 Å². The molecule has 1 fully saturated rings. The van der Waals surface area contributed by atoms with Crippen LogP contribution in [0.15, 0.2) is 0 Å². The zero-order valence-corrected chi connectivity index (χ0v) is 7.29. The van der Waals surface area contributed by atoms with E-state index in [1.54, 1.807) is 0 Å². The summed E-state index contributed by atoms with van der Waals surface area (Å²) < 4.78 is 15.3. The van der Waals surface area contributed by atoms with Crippen molar-refractivity contribution in [3.63, 3.8) is 0 Å². The lowest BCUT2D eigenvalue weighted by molar-refractivity contribution is 0.177. The molecule has 0 aliphatic heterocycles. The molecule has 1 unspecified atom stereocenters. The topological polar surface area (TPSA) is 26.3 Å². The highest BCUT2D eigenvalue weighted by Gasteiger charge is 2.15. The minimum atomic E-state index is -1.59. The van der Waals surface area contributed by atoms with E-state index >= 15 is 0 Å². The van der Waals surface area contributed by atoms with Crippen molar-refractivity contribution >= 4 is 21.0 Å². The van der Waals surface area contributed by atoms with Crippen molar-refractivity contribution in [2.45, 2.75) is 38.2 Å². The zero-order chi connectivity index (χ0) is 7.40. The average Bonchev–Trinajstić information content (AvgIpc) is 1.88. The van der Waals surface area contributed by atoms with Crippen molar-refractivity contribution < 1.29 is 8.39 Å². The molecule has 0 radical (unpaired) electrons. The number of rotatable bonds is 2. The molecule has 60 valence electrons. The van der Waals surface area contributed by atoms with Crippen LogP contribution in [-0.4, -0.2) is 10.3 Å². The summed E-state index contributed by atoms with van der Waals surface area (Å²) in [5, 5.41) is 0. The maximum absolute atomic E-state index is 10.4. The van der Waals surface area contributed by atoms with E-state index in [2.05, 4.69) is 0 Å². The Hall–Kier alpha value is 0.400. The molecule has 0 aromatic rings. The molecule has 10 heavy (non-hydrogen) atoms. The highest BCUT2D eigenvalue weighted by atomic mass is 35.7. The largest absolute Gasteiger partial charge is 0.275 e. The normalized spacial score (nSPS) is 24.5. The molecular formula is C6H11ClO2S. The van der Waals surface area contributed by atoms with E-state index in [0.717, 1.165) is 12.8 Å². The van der Waals surface area contributed by atoms with Crippen LogP contribution in [0.3, 0.4) is 0 Å². The molecule has 4 heteroatoms. The van der Waals surface area contributed by atoms with Gasteiger partial charge in [0.25, 0.3) is 10.3 Å². The second kappa shape index (κ2) is 4.31. The predicted molar refractivity (Wildman–Crippen MR) is 42.0 cm³/mol. The van der Waals surface area contributed by atoms with E-state index in [0.29, 0.717) is 0 Å². The van der Waals surface area contributed by atoms with Crippen LogP contribution in [0.1, 0.15) is 32.1 Å². The van der Waals surface area contributed by atoms with Crippen molar-refractivity contribution in [1.82, 2.24) is 0 Å². The summed E-state index contributed by atoms with van der Waals surface area (Å²) in [6.07, 6.45) is 5.80. The summed E-state index contributed by atoms with van der Waals surface area (Å²) in [4.78, 5) is 0. The van der Waals surface area contributed by atoms with Crippen molar-refractivity contribution in [1.29, 1.82) is 0 Å². The van der Waals surface area contributed by atoms with E-state index in [1.807, 2.05) is 0 Å². The summed E-state index contributed by atoms with van der Waals surface area (Å²) in [5.74, 6) is 0. The van der Waals surface area contributed by atoms with Gasteiger partial charge in [0.2, 0.25) is 0 Å². The van der Waals surface area contributed by atoms with Gasteiger partial charge in [-0.2, -0.15) is 0 Å². The minimum absolute atomic E-state index is 0.145. The Morgan fingerprint density at radius 1 is 1.30 bits per heavy atom. The summed E-state index contributed by atoms with van der Waals surface area (Å²) in [5.41, 5.74) is 0. The lowest BCUT2D eigenvalue weighted by atomic mass is 9.98. The first-order valence-corrected chi connectivity index (χ1v) is 5.44. The first-order chi connectivity index (χ1) is 4.79. The predicted octanol–water partition coefficient (Wildman–Crippen LogP) is 2.15. The standard InChI is InChI=1S/C6H11ClO2S/c7-10(8)9-6-4-2-1-3-5-6/h6H,1-5H2. The van der Waals surface area contributed by atoms with Crippen molar-refractivity contribution in [2.75, 3.05) is 0 Å². The number of hydrogen-bond acceptors (Lipinski definition) is 2. The van der Waals surface area contributed by atoms with Crippen LogP contribution in [0.4, 0.5) is 0 Å². The summed E-state index contributed by atoms with van der Waals surface area (Å²) >= 11 is 0. The fourth-order valence-corrected chi connectivity index (χ4v) is 1.98. The first kappa shape index (κ1) is 8.50. The van der Waals surface area contributed by atoms with Crippen molar-refractivity contribution in [3.05, 3.63) is 0 Å². The van der Waals surface area contributed by atoms with Gasteiger partial charge < -0.3 is 0 Å². The third-order valence-electron chi connectivity index (χ3n) is 1.76. The van der Waals surface area contributed by atoms with Crippen LogP contribution in [0, 0.1) is 0 Å². The number of hydrogen-bond donors (Lipinski definition) is 0. The molecule has 0 aromatic heterocycles. The molecule has 1 aliphatic rings. The fourth-order valence-electron chi connectivity index (χ4n) is 1.27. The van der Waals surface area contributed by atoms with E-state index < -0.39 is 10.3 Å². The Balaban J connectivity index is 2.19. The molecule has 0 heterocycles. The quantitative estimate of drug-likeness (QED) is 0.612. The Morgan fingerprint density at radius 3 is 2.40 bits per heavy atom. The Kier molecular flexibility index (Phi) is 3.66. The molecule has 0 amide bonds. The van der Waals surface area contributed by atoms with Crippen LogP contribution in [0.5, 0.6) is 0 Å². The Labute approximate surface area is 68.1 Å². The van der Waals surface area contributed by atoms with Crippen LogP contribution >= 0.6 is 10.7 Å². The van der Waals surface area contributed by atoms with Gasteiger partial charge in [-0.25, -0.2) is 4.21 Å².